The van der Waals surface area contributed by atoms with Gasteiger partial charge in [0.05, 0.1) is 19.8 Å². The monoisotopic (exact) mass is 405 g/mol. The van der Waals surface area contributed by atoms with Crippen LogP contribution in [-0.2, 0) is 4.79 Å². The smallest absolute Gasteiger partial charge is 0.248 e. The van der Waals surface area contributed by atoms with Gasteiger partial charge in [0, 0.05) is 17.3 Å². The molecule has 1 heterocycles. The molecule has 0 unspecified atom stereocenters. The summed E-state index contributed by atoms with van der Waals surface area (Å²) in [5, 5.41) is 14.9. The molecule has 1 aliphatic carbocycles. The van der Waals surface area contributed by atoms with Gasteiger partial charge in [0.2, 0.25) is 5.91 Å². The molecule has 0 radical (unpaired) electrons. The molecular weight excluding hydrogens is 382 g/mol. The third-order valence-electron chi connectivity index (χ3n) is 4.69. The highest BCUT2D eigenvalue weighted by atomic mass is 16.5. The van der Waals surface area contributed by atoms with Crippen molar-refractivity contribution in [2.75, 3.05) is 19.0 Å². The van der Waals surface area contributed by atoms with Gasteiger partial charge in [0.15, 0.2) is 17.3 Å². The molecule has 1 amide bonds. The second-order valence-corrected chi connectivity index (χ2v) is 6.92. The Morgan fingerprint density at radius 3 is 2.87 bits per heavy atom. The molecule has 4 rings (SSSR count). The van der Waals surface area contributed by atoms with Gasteiger partial charge in [-0.15, -0.1) is 5.10 Å². The zero-order valence-corrected chi connectivity index (χ0v) is 16.9. The Balaban J connectivity index is 1.45. The van der Waals surface area contributed by atoms with Gasteiger partial charge >= 0.3 is 0 Å². The molecule has 1 fully saturated rings. The van der Waals surface area contributed by atoms with E-state index < -0.39 is 0 Å². The van der Waals surface area contributed by atoms with Crippen LogP contribution in [0.1, 0.15) is 31.4 Å². The van der Waals surface area contributed by atoms with E-state index in [9.17, 15) is 4.79 Å². The fraction of sp³-hybridized carbons (Fsp3) is 0.273. The number of rotatable bonds is 8. The number of carbonyl (C=O) groups excluding carboxylic acids is 1. The Hall–Kier alpha value is -3.68. The second-order valence-electron chi connectivity index (χ2n) is 6.92. The first kappa shape index (κ1) is 19.6. The Labute approximate surface area is 174 Å². The number of amides is 1. The molecule has 0 atom stereocenters. The zero-order chi connectivity index (χ0) is 20.9. The van der Waals surface area contributed by atoms with Crippen molar-refractivity contribution in [1.82, 2.24) is 20.2 Å². The number of hydrogen-bond acceptors (Lipinski definition) is 6. The molecule has 8 heteroatoms. The molecule has 0 spiro atoms. The van der Waals surface area contributed by atoms with Crippen LogP contribution >= 0.6 is 0 Å². The maximum absolute atomic E-state index is 12.4. The Morgan fingerprint density at radius 1 is 1.23 bits per heavy atom. The number of benzene rings is 2. The number of methoxy groups -OCH3 is 1. The Morgan fingerprint density at radius 2 is 2.10 bits per heavy atom. The molecule has 2 aromatic carbocycles. The fourth-order valence-electron chi connectivity index (χ4n) is 3.11. The molecule has 1 aromatic heterocycles. The zero-order valence-electron chi connectivity index (χ0n) is 16.9. The largest absolute Gasteiger partial charge is 0.493 e. The van der Waals surface area contributed by atoms with Crippen LogP contribution in [-0.4, -0.2) is 39.8 Å². The number of hydrogen-bond donors (Lipinski definition) is 1. The van der Waals surface area contributed by atoms with Crippen LogP contribution in [0.5, 0.6) is 11.5 Å². The third kappa shape index (κ3) is 4.48. The SMILES string of the molecule is CCOc1cc(/C=C/C(=O)Nc2cccc(-c3nnnn3C3CC3)c2)ccc1OC. The highest BCUT2D eigenvalue weighted by Crippen LogP contribution is 2.36. The van der Waals surface area contributed by atoms with E-state index in [2.05, 4.69) is 20.8 Å². The van der Waals surface area contributed by atoms with Gasteiger partial charge in [0.1, 0.15) is 0 Å². The molecule has 30 heavy (non-hydrogen) atoms. The molecular formula is C22H23N5O3. The van der Waals surface area contributed by atoms with E-state index in [1.807, 2.05) is 54.1 Å². The van der Waals surface area contributed by atoms with E-state index in [0.717, 1.165) is 24.0 Å². The van der Waals surface area contributed by atoms with Crippen molar-refractivity contribution >= 4 is 17.7 Å². The van der Waals surface area contributed by atoms with Gasteiger partial charge in [-0.3, -0.25) is 4.79 Å². The first-order valence-corrected chi connectivity index (χ1v) is 9.86. The summed E-state index contributed by atoms with van der Waals surface area (Å²) in [4.78, 5) is 12.4. The summed E-state index contributed by atoms with van der Waals surface area (Å²) in [6, 6.07) is 13.4. The number of anilines is 1. The fourth-order valence-corrected chi connectivity index (χ4v) is 3.11. The maximum atomic E-state index is 12.4. The van der Waals surface area contributed by atoms with Crippen LogP contribution in [0.4, 0.5) is 5.69 Å². The quantitative estimate of drug-likeness (QED) is 0.574. The summed E-state index contributed by atoms with van der Waals surface area (Å²) in [5.41, 5.74) is 2.38. The Bertz CT molecular complexity index is 1070. The predicted octanol–water partition coefficient (Wildman–Crippen LogP) is 3.73. The standard InChI is InChI=1S/C22H23N5O3/c1-3-30-20-13-15(7-11-19(20)29-2)8-12-21(28)23-17-6-4-5-16(14-17)22-24-25-26-27(22)18-9-10-18/h4-8,11-14,18H,3,9-10H2,1-2H3,(H,23,28)/b12-8+. The van der Waals surface area contributed by atoms with E-state index in [4.69, 9.17) is 9.47 Å². The molecule has 8 nitrogen and oxygen atoms in total. The lowest BCUT2D eigenvalue weighted by molar-refractivity contribution is -0.111. The first-order chi connectivity index (χ1) is 14.7. The van der Waals surface area contributed by atoms with Crippen LogP contribution in [0.15, 0.2) is 48.5 Å². The molecule has 0 saturated heterocycles. The van der Waals surface area contributed by atoms with Crippen molar-refractivity contribution in [1.29, 1.82) is 0 Å². The molecule has 3 aromatic rings. The lowest BCUT2D eigenvalue weighted by Gasteiger charge is -2.09. The first-order valence-electron chi connectivity index (χ1n) is 9.86. The van der Waals surface area contributed by atoms with Gasteiger partial charge in [-0.2, -0.15) is 0 Å². The Kier molecular flexibility index (Phi) is 5.74. The van der Waals surface area contributed by atoms with Gasteiger partial charge < -0.3 is 14.8 Å². The van der Waals surface area contributed by atoms with Crippen molar-refractivity contribution in [2.45, 2.75) is 25.8 Å². The lowest BCUT2D eigenvalue weighted by Crippen LogP contribution is -2.08. The van der Waals surface area contributed by atoms with Crippen LogP contribution in [0.25, 0.3) is 17.5 Å². The summed E-state index contributed by atoms with van der Waals surface area (Å²) in [7, 11) is 1.60. The average molecular weight is 405 g/mol. The van der Waals surface area contributed by atoms with Crippen molar-refractivity contribution < 1.29 is 14.3 Å². The highest BCUT2D eigenvalue weighted by Gasteiger charge is 2.28. The minimum Gasteiger partial charge on any atom is -0.493 e. The minimum atomic E-state index is -0.234. The third-order valence-corrected chi connectivity index (χ3v) is 4.69. The van der Waals surface area contributed by atoms with Crippen molar-refractivity contribution in [3.05, 3.63) is 54.1 Å². The number of tetrazole rings is 1. The van der Waals surface area contributed by atoms with Crippen LogP contribution in [0.2, 0.25) is 0 Å². The van der Waals surface area contributed by atoms with E-state index in [1.54, 1.807) is 13.2 Å². The minimum absolute atomic E-state index is 0.234. The van der Waals surface area contributed by atoms with E-state index in [1.165, 1.54) is 6.08 Å². The van der Waals surface area contributed by atoms with Crippen molar-refractivity contribution in [2.24, 2.45) is 0 Å². The molecule has 1 N–H and O–H groups in total. The summed E-state index contributed by atoms with van der Waals surface area (Å²) < 4.78 is 12.7. The normalized spacial score (nSPS) is 13.4. The number of aromatic nitrogens is 4. The van der Waals surface area contributed by atoms with Crippen LogP contribution in [0, 0.1) is 0 Å². The molecule has 1 aliphatic rings. The van der Waals surface area contributed by atoms with E-state index >= 15 is 0 Å². The number of nitrogens with zero attached hydrogens (tertiary/aromatic N) is 4. The molecule has 0 bridgehead atoms. The van der Waals surface area contributed by atoms with E-state index in [0.29, 0.717) is 35.7 Å². The maximum Gasteiger partial charge on any atom is 0.248 e. The van der Waals surface area contributed by atoms with Gasteiger partial charge in [-0.05, 0) is 66.1 Å². The molecule has 0 aliphatic heterocycles. The van der Waals surface area contributed by atoms with E-state index in [-0.39, 0.29) is 5.91 Å². The summed E-state index contributed by atoms with van der Waals surface area (Å²) in [5.74, 6) is 1.78. The number of carbonyl (C=O) groups is 1. The topological polar surface area (TPSA) is 91.2 Å². The molecule has 1 saturated carbocycles. The summed E-state index contributed by atoms with van der Waals surface area (Å²) in [6.07, 6.45) is 5.40. The summed E-state index contributed by atoms with van der Waals surface area (Å²) in [6.45, 7) is 2.44. The number of ether oxygens (including phenoxy) is 2. The van der Waals surface area contributed by atoms with Crippen LogP contribution < -0.4 is 14.8 Å². The summed E-state index contributed by atoms with van der Waals surface area (Å²) >= 11 is 0. The lowest BCUT2D eigenvalue weighted by atomic mass is 10.1. The van der Waals surface area contributed by atoms with Gasteiger partial charge in [-0.25, -0.2) is 4.68 Å². The predicted molar refractivity (Wildman–Crippen MR) is 113 cm³/mol. The highest BCUT2D eigenvalue weighted by molar-refractivity contribution is 6.02. The van der Waals surface area contributed by atoms with Gasteiger partial charge in [0.25, 0.3) is 0 Å². The van der Waals surface area contributed by atoms with Gasteiger partial charge in [-0.1, -0.05) is 18.2 Å². The molecule has 154 valence electrons. The number of nitrogens with one attached hydrogen (secondary N) is 1. The van der Waals surface area contributed by atoms with Crippen molar-refractivity contribution in [3.63, 3.8) is 0 Å². The second kappa shape index (κ2) is 8.77. The average Bonchev–Trinajstić information content (AvgIpc) is 3.49. The van der Waals surface area contributed by atoms with Crippen LogP contribution in [0.3, 0.4) is 0 Å². The van der Waals surface area contributed by atoms with Crippen molar-refractivity contribution in [3.8, 4) is 22.9 Å².